The van der Waals surface area contributed by atoms with E-state index in [1.165, 1.54) is 0 Å². The topological polar surface area (TPSA) is 71.2 Å². The second-order valence-corrected chi connectivity index (χ2v) is 5.44. The Morgan fingerprint density at radius 1 is 1.43 bits per heavy atom. The lowest BCUT2D eigenvalue weighted by Gasteiger charge is -2.21. The van der Waals surface area contributed by atoms with Crippen molar-refractivity contribution in [1.82, 2.24) is 4.98 Å². The average Bonchev–Trinajstić information content (AvgIpc) is 2.74. The van der Waals surface area contributed by atoms with Gasteiger partial charge >= 0.3 is 0 Å². The smallest absolute Gasteiger partial charge is 0.245 e. The van der Waals surface area contributed by atoms with Gasteiger partial charge in [0.15, 0.2) is 0 Å². The number of nitrogens with zero attached hydrogens (tertiary/aromatic N) is 2. The minimum absolute atomic E-state index is 0.203. The molecule has 2 aromatic rings. The molecular formula is C15H15ClN4O. The number of anilines is 2. The number of aromatic nitrogens is 1. The summed E-state index contributed by atoms with van der Waals surface area (Å²) in [6.45, 7) is 0.624. The predicted octanol–water partition coefficient (Wildman–Crippen LogP) is 2.32. The van der Waals surface area contributed by atoms with Crippen molar-refractivity contribution in [3.8, 4) is 0 Å². The van der Waals surface area contributed by atoms with Crippen LogP contribution in [0.3, 0.4) is 0 Å². The second-order valence-electron chi connectivity index (χ2n) is 5.03. The molecule has 1 amide bonds. The summed E-state index contributed by atoms with van der Waals surface area (Å²) in [4.78, 5) is 17.9. The highest BCUT2D eigenvalue weighted by atomic mass is 35.5. The molecule has 3 N–H and O–H groups in total. The number of hydrogen-bond donors (Lipinski definition) is 2. The third-order valence-electron chi connectivity index (χ3n) is 3.53. The van der Waals surface area contributed by atoms with E-state index in [4.69, 9.17) is 17.3 Å². The second kappa shape index (κ2) is 5.35. The van der Waals surface area contributed by atoms with Crippen molar-refractivity contribution in [2.24, 2.45) is 5.73 Å². The van der Waals surface area contributed by atoms with Crippen LogP contribution in [-0.2, 0) is 11.3 Å². The van der Waals surface area contributed by atoms with Crippen LogP contribution in [0, 0.1) is 0 Å². The summed E-state index contributed by atoms with van der Waals surface area (Å²) in [5.74, 6) is -0.203. The van der Waals surface area contributed by atoms with Crippen LogP contribution in [0.4, 0.5) is 11.4 Å². The lowest BCUT2D eigenvalue weighted by molar-refractivity contribution is -0.116. The van der Waals surface area contributed by atoms with E-state index in [1.807, 2.05) is 36.2 Å². The molecule has 0 saturated carbocycles. The third-order valence-corrected chi connectivity index (χ3v) is 3.83. The number of carbonyl (C=O) groups is 1. The maximum atomic E-state index is 11.6. The number of hydrogen-bond acceptors (Lipinski definition) is 4. The van der Waals surface area contributed by atoms with Crippen molar-refractivity contribution < 1.29 is 4.79 Å². The van der Waals surface area contributed by atoms with E-state index < -0.39 is 6.04 Å². The summed E-state index contributed by atoms with van der Waals surface area (Å²) in [6.07, 6.45) is 1.76. The monoisotopic (exact) mass is 302 g/mol. The normalized spacial score (nSPS) is 16.5. The van der Waals surface area contributed by atoms with Crippen LogP contribution in [0.25, 0.3) is 0 Å². The van der Waals surface area contributed by atoms with E-state index >= 15 is 0 Å². The first-order valence-electron chi connectivity index (χ1n) is 6.57. The van der Waals surface area contributed by atoms with Gasteiger partial charge in [0.25, 0.3) is 0 Å². The fraction of sp³-hybridized carbons (Fsp3) is 0.200. The molecule has 0 saturated heterocycles. The summed E-state index contributed by atoms with van der Waals surface area (Å²) in [5.41, 5.74) is 9.04. The minimum Gasteiger partial charge on any atom is -0.367 e. The lowest BCUT2D eigenvalue weighted by atomic mass is 10.1. The molecule has 1 aliphatic rings. The summed E-state index contributed by atoms with van der Waals surface area (Å²) in [6, 6.07) is 8.74. The van der Waals surface area contributed by atoms with Gasteiger partial charge in [0.2, 0.25) is 5.91 Å². The molecule has 2 heterocycles. The Labute approximate surface area is 127 Å². The first-order valence-corrected chi connectivity index (χ1v) is 6.95. The van der Waals surface area contributed by atoms with Crippen LogP contribution in [0.5, 0.6) is 0 Å². The van der Waals surface area contributed by atoms with Gasteiger partial charge in [-0.15, -0.1) is 0 Å². The van der Waals surface area contributed by atoms with E-state index in [0.29, 0.717) is 11.6 Å². The van der Waals surface area contributed by atoms with Crippen molar-refractivity contribution >= 4 is 28.9 Å². The van der Waals surface area contributed by atoms with E-state index in [-0.39, 0.29) is 5.91 Å². The molecule has 108 valence electrons. The summed E-state index contributed by atoms with van der Waals surface area (Å²) in [5, 5.41) is 3.34. The van der Waals surface area contributed by atoms with Gasteiger partial charge in [-0.05, 0) is 24.3 Å². The summed E-state index contributed by atoms with van der Waals surface area (Å²) >= 11 is 6.33. The Kier molecular flexibility index (Phi) is 3.53. The Hall–Kier alpha value is -2.11. The first-order chi connectivity index (χ1) is 10.1. The van der Waals surface area contributed by atoms with Gasteiger partial charge in [0, 0.05) is 24.5 Å². The molecule has 0 bridgehead atoms. The predicted molar refractivity (Wildman–Crippen MR) is 83.4 cm³/mol. The molecule has 1 atom stereocenters. The summed E-state index contributed by atoms with van der Waals surface area (Å²) in [7, 11) is 1.93. The van der Waals surface area contributed by atoms with Crippen LogP contribution in [0.1, 0.15) is 17.3 Å². The van der Waals surface area contributed by atoms with E-state index in [9.17, 15) is 4.79 Å². The van der Waals surface area contributed by atoms with Crippen molar-refractivity contribution in [3.63, 3.8) is 0 Å². The maximum absolute atomic E-state index is 11.6. The number of nitrogens with one attached hydrogen (secondary N) is 1. The zero-order chi connectivity index (χ0) is 15.0. The minimum atomic E-state index is -0.646. The number of rotatable bonds is 3. The summed E-state index contributed by atoms with van der Waals surface area (Å²) < 4.78 is 0. The van der Waals surface area contributed by atoms with Gasteiger partial charge in [-0.1, -0.05) is 17.7 Å². The highest BCUT2D eigenvalue weighted by Crippen LogP contribution is 2.38. The quantitative estimate of drug-likeness (QED) is 0.913. The molecule has 0 spiro atoms. The molecule has 1 aromatic carbocycles. The third kappa shape index (κ3) is 2.57. The fourth-order valence-electron chi connectivity index (χ4n) is 2.41. The van der Waals surface area contributed by atoms with Gasteiger partial charge in [0.1, 0.15) is 6.04 Å². The molecule has 21 heavy (non-hydrogen) atoms. The highest BCUT2D eigenvalue weighted by Gasteiger charge is 2.28. The molecule has 6 heteroatoms. The molecule has 5 nitrogen and oxygen atoms in total. The van der Waals surface area contributed by atoms with Crippen LogP contribution < -0.4 is 16.0 Å². The first kappa shape index (κ1) is 13.9. The van der Waals surface area contributed by atoms with Crippen molar-refractivity contribution in [3.05, 3.63) is 52.8 Å². The number of benzene rings is 1. The molecule has 0 fully saturated rings. The number of fused-ring (bicyclic) bond motifs is 1. The van der Waals surface area contributed by atoms with E-state index in [0.717, 1.165) is 22.6 Å². The number of nitrogens with two attached hydrogens (primary N) is 1. The van der Waals surface area contributed by atoms with Gasteiger partial charge < -0.3 is 16.0 Å². The lowest BCUT2D eigenvalue weighted by Crippen LogP contribution is -2.19. The molecule has 1 aromatic heterocycles. The molecule has 0 radical (unpaired) electrons. The Morgan fingerprint density at radius 3 is 2.95 bits per heavy atom. The maximum Gasteiger partial charge on any atom is 0.245 e. The van der Waals surface area contributed by atoms with Crippen molar-refractivity contribution in [1.29, 1.82) is 0 Å². The number of amides is 1. The Balaban J connectivity index is 1.90. The van der Waals surface area contributed by atoms with Gasteiger partial charge in [-0.3, -0.25) is 9.78 Å². The van der Waals surface area contributed by atoms with Crippen LogP contribution >= 0.6 is 11.6 Å². The largest absolute Gasteiger partial charge is 0.367 e. The molecule has 3 rings (SSSR count). The Bertz CT molecular complexity index is 690. The van der Waals surface area contributed by atoms with Gasteiger partial charge in [0.05, 0.1) is 22.9 Å². The number of pyridine rings is 1. The molecule has 1 aliphatic heterocycles. The number of carbonyl (C=O) groups excluding carboxylic acids is 1. The average molecular weight is 303 g/mol. The standard InChI is InChI=1S/C15H15ClN4O/c1-20(8-9-4-2-3-5-18-9)13-7-12-10(6-11(13)16)14(17)15(21)19-12/h2-7,14H,8,17H2,1H3,(H,19,21). The van der Waals surface area contributed by atoms with Gasteiger partial charge in [-0.25, -0.2) is 0 Å². The van der Waals surface area contributed by atoms with Crippen molar-refractivity contribution in [2.45, 2.75) is 12.6 Å². The molecule has 0 aliphatic carbocycles. The van der Waals surface area contributed by atoms with Gasteiger partial charge in [-0.2, -0.15) is 0 Å². The SMILES string of the molecule is CN(Cc1ccccn1)c1cc2c(cc1Cl)C(N)C(=O)N2. The van der Waals surface area contributed by atoms with Crippen LogP contribution in [-0.4, -0.2) is 17.9 Å². The zero-order valence-corrected chi connectivity index (χ0v) is 12.3. The molecular weight excluding hydrogens is 288 g/mol. The van der Waals surface area contributed by atoms with Crippen LogP contribution in [0.15, 0.2) is 36.5 Å². The van der Waals surface area contributed by atoms with Crippen LogP contribution in [0.2, 0.25) is 5.02 Å². The molecule has 1 unspecified atom stereocenters. The zero-order valence-electron chi connectivity index (χ0n) is 11.5. The van der Waals surface area contributed by atoms with Crippen molar-refractivity contribution in [2.75, 3.05) is 17.3 Å². The highest BCUT2D eigenvalue weighted by molar-refractivity contribution is 6.33. The Morgan fingerprint density at radius 2 is 2.24 bits per heavy atom. The van der Waals surface area contributed by atoms with E-state index in [2.05, 4.69) is 10.3 Å². The fourth-order valence-corrected chi connectivity index (χ4v) is 2.72. The number of halogens is 1. The van der Waals surface area contributed by atoms with E-state index in [1.54, 1.807) is 12.3 Å².